The third-order valence-electron chi connectivity index (χ3n) is 1.93. The number of ether oxygens (including phenoxy) is 1. The molecule has 16 heavy (non-hydrogen) atoms. The molecule has 1 aliphatic carbocycles. The van der Waals surface area contributed by atoms with Crippen molar-refractivity contribution in [2.75, 3.05) is 0 Å². The van der Waals surface area contributed by atoms with Crippen molar-refractivity contribution >= 4 is 52.0 Å². The number of thiophene rings is 1. The number of hydrogen-bond acceptors (Lipinski definition) is 5. The average Bonchev–Trinajstić information content (AvgIpc) is 3.00. The fourth-order valence-corrected chi connectivity index (χ4v) is 2.24. The molecule has 1 aliphatic rings. The number of isothiocyanates is 1. The van der Waals surface area contributed by atoms with Crippen LogP contribution in [-0.2, 0) is 4.74 Å². The lowest BCUT2D eigenvalue weighted by atomic mass is 10.4. The van der Waals surface area contributed by atoms with Crippen molar-refractivity contribution in [2.24, 2.45) is 4.99 Å². The van der Waals surface area contributed by atoms with E-state index >= 15 is 0 Å². The van der Waals surface area contributed by atoms with Crippen LogP contribution in [0.1, 0.15) is 22.5 Å². The summed E-state index contributed by atoms with van der Waals surface area (Å²) in [5.74, 6) is -0.609. The molecule has 1 heterocycles. The molecular formula is C9H5ClFNO2S2. The highest BCUT2D eigenvalue weighted by atomic mass is 35.5. The molecule has 1 aromatic rings. The van der Waals surface area contributed by atoms with Crippen LogP contribution >= 0.6 is 35.2 Å². The zero-order chi connectivity index (χ0) is 11.7. The zero-order valence-electron chi connectivity index (χ0n) is 7.83. The van der Waals surface area contributed by atoms with Gasteiger partial charge in [0, 0.05) is 0 Å². The van der Waals surface area contributed by atoms with Crippen molar-refractivity contribution in [1.29, 1.82) is 0 Å². The van der Waals surface area contributed by atoms with Gasteiger partial charge in [-0.25, -0.2) is 4.79 Å². The molecule has 84 valence electrons. The second-order valence-electron chi connectivity index (χ2n) is 3.18. The minimum atomic E-state index is -0.662. The average molecular weight is 278 g/mol. The lowest BCUT2D eigenvalue weighted by Crippen LogP contribution is -2.04. The molecular weight excluding hydrogens is 273 g/mol. The first-order valence-corrected chi connectivity index (χ1v) is 6.00. The van der Waals surface area contributed by atoms with Gasteiger partial charge in [-0.15, -0.1) is 0 Å². The maximum atomic E-state index is 13.3. The van der Waals surface area contributed by atoms with Crippen molar-refractivity contribution in [2.45, 2.75) is 18.9 Å². The van der Waals surface area contributed by atoms with Crippen LogP contribution in [0.3, 0.4) is 0 Å². The Morgan fingerprint density at radius 2 is 2.38 bits per heavy atom. The van der Waals surface area contributed by atoms with Crippen molar-refractivity contribution < 1.29 is 13.9 Å². The van der Waals surface area contributed by atoms with Crippen LogP contribution in [-0.4, -0.2) is 17.2 Å². The van der Waals surface area contributed by atoms with Gasteiger partial charge in [0.05, 0.1) is 10.2 Å². The van der Waals surface area contributed by atoms with E-state index in [9.17, 15) is 9.18 Å². The predicted octanol–water partition coefficient (Wildman–Crippen LogP) is 3.59. The Labute approximate surface area is 105 Å². The Kier molecular flexibility index (Phi) is 3.35. The standard InChI is InChI=1S/C9H5ClFNO2S2/c10-5-6(12-3-15)8(11)16-7(5)9(13)14-4-1-2-4/h4H,1-2H2. The highest BCUT2D eigenvalue weighted by Gasteiger charge is 2.30. The number of halogens is 2. The topological polar surface area (TPSA) is 38.7 Å². The van der Waals surface area contributed by atoms with E-state index in [0.717, 1.165) is 12.8 Å². The maximum absolute atomic E-state index is 13.3. The smallest absolute Gasteiger partial charge is 0.350 e. The number of nitrogens with zero attached hydrogens (tertiary/aromatic N) is 1. The molecule has 1 fully saturated rings. The summed E-state index contributed by atoms with van der Waals surface area (Å²) in [5.41, 5.74) is -0.149. The van der Waals surface area contributed by atoms with Crippen molar-refractivity contribution in [3.8, 4) is 0 Å². The van der Waals surface area contributed by atoms with Gasteiger partial charge in [-0.2, -0.15) is 9.38 Å². The van der Waals surface area contributed by atoms with E-state index < -0.39 is 11.1 Å². The lowest BCUT2D eigenvalue weighted by Gasteiger charge is -1.99. The van der Waals surface area contributed by atoms with Gasteiger partial charge in [-0.05, 0) is 25.1 Å². The SMILES string of the molecule is O=C(OC1CC1)c1sc(F)c(N=C=S)c1Cl. The van der Waals surface area contributed by atoms with Crippen molar-refractivity contribution in [3.05, 3.63) is 15.0 Å². The molecule has 7 heteroatoms. The number of rotatable bonds is 3. The van der Waals surface area contributed by atoms with Crippen LogP contribution < -0.4 is 0 Å². The summed E-state index contributed by atoms with van der Waals surface area (Å²) in [4.78, 5) is 15.0. The number of hydrogen-bond donors (Lipinski definition) is 0. The molecule has 1 saturated carbocycles. The normalized spacial score (nSPS) is 14.4. The van der Waals surface area contributed by atoms with Crippen LogP contribution in [0.25, 0.3) is 0 Å². The quantitative estimate of drug-likeness (QED) is 0.481. The molecule has 2 rings (SSSR count). The van der Waals surface area contributed by atoms with Crippen LogP contribution in [0, 0.1) is 5.13 Å². The molecule has 0 bridgehead atoms. The van der Waals surface area contributed by atoms with E-state index in [-0.39, 0.29) is 21.7 Å². The number of thiocarbonyl (C=S) groups is 1. The number of carbonyl (C=O) groups is 1. The van der Waals surface area contributed by atoms with E-state index in [2.05, 4.69) is 17.2 Å². The molecule has 0 N–H and O–H groups in total. The highest BCUT2D eigenvalue weighted by molar-refractivity contribution is 7.78. The molecule has 0 spiro atoms. The third-order valence-corrected chi connectivity index (χ3v) is 3.44. The van der Waals surface area contributed by atoms with Crippen molar-refractivity contribution in [3.63, 3.8) is 0 Å². The highest BCUT2D eigenvalue weighted by Crippen LogP contribution is 2.39. The fraction of sp³-hybridized carbons (Fsp3) is 0.333. The fourth-order valence-electron chi connectivity index (χ4n) is 1.04. The molecule has 0 radical (unpaired) electrons. The largest absolute Gasteiger partial charge is 0.458 e. The summed E-state index contributed by atoms with van der Waals surface area (Å²) < 4.78 is 18.3. The van der Waals surface area contributed by atoms with Gasteiger partial charge < -0.3 is 4.74 Å². The molecule has 0 saturated heterocycles. The van der Waals surface area contributed by atoms with Gasteiger partial charge in [-0.3, -0.25) is 0 Å². The minimum absolute atomic E-state index is 0.0232. The van der Waals surface area contributed by atoms with Crippen molar-refractivity contribution in [1.82, 2.24) is 0 Å². The zero-order valence-corrected chi connectivity index (χ0v) is 10.2. The summed E-state index contributed by atoms with van der Waals surface area (Å²) in [5, 5.41) is 1.28. The molecule has 0 amide bonds. The Bertz CT molecular complexity index is 492. The monoisotopic (exact) mass is 277 g/mol. The second-order valence-corrected chi connectivity index (χ2v) is 4.71. The van der Waals surface area contributed by atoms with Crippen LogP contribution in [0.5, 0.6) is 0 Å². The Morgan fingerprint density at radius 3 is 2.94 bits per heavy atom. The maximum Gasteiger partial charge on any atom is 0.350 e. The summed E-state index contributed by atoms with van der Waals surface area (Å²) in [6, 6.07) is 0. The predicted molar refractivity (Wildman–Crippen MR) is 62.4 cm³/mol. The lowest BCUT2D eigenvalue weighted by molar-refractivity contribution is 0.0478. The Hall–Kier alpha value is -0.810. The van der Waals surface area contributed by atoms with Gasteiger partial charge in [0.1, 0.15) is 16.7 Å². The van der Waals surface area contributed by atoms with E-state index in [4.69, 9.17) is 16.3 Å². The van der Waals surface area contributed by atoms with Gasteiger partial charge in [-0.1, -0.05) is 22.9 Å². The van der Waals surface area contributed by atoms with Crippen LogP contribution in [0.4, 0.5) is 10.1 Å². The molecule has 0 aromatic carbocycles. The number of carbonyl (C=O) groups excluding carboxylic acids is 1. The van der Waals surface area contributed by atoms with Gasteiger partial charge in [0.15, 0.2) is 0 Å². The van der Waals surface area contributed by atoms with E-state index in [1.54, 1.807) is 0 Å². The van der Waals surface area contributed by atoms with E-state index in [0.29, 0.717) is 11.3 Å². The summed E-state index contributed by atoms with van der Waals surface area (Å²) in [7, 11) is 0. The van der Waals surface area contributed by atoms with E-state index in [1.165, 1.54) is 0 Å². The van der Waals surface area contributed by atoms with Crippen LogP contribution in [0.15, 0.2) is 4.99 Å². The number of esters is 1. The molecule has 0 unspecified atom stereocenters. The molecule has 0 atom stereocenters. The second kappa shape index (κ2) is 4.59. The first kappa shape index (κ1) is 11.7. The summed E-state index contributed by atoms with van der Waals surface area (Å²) >= 11 is 10.8. The first-order chi connectivity index (χ1) is 7.63. The van der Waals surface area contributed by atoms with E-state index in [1.807, 2.05) is 5.16 Å². The van der Waals surface area contributed by atoms with Gasteiger partial charge in [0.25, 0.3) is 0 Å². The number of aliphatic imine (C=N–C) groups is 1. The van der Waals surface area contributed by atoms with Gasteiger partial charge in [0.2, 0.25) is 5.13 Å². The minimum Gasteiger partial charge on any atom is -0.458 e. The third kappa shape index (κ3) is 2.30. The first-order valence-electron chi connectivity index (χ1n) is 4.40. The Morgan fingerprint density at radius 1 is 1.69 bits per heavy atom. The molecule has 1 aromatic heterocycles. The summed E-state index contributed by atoms with van der Waals surface area (Å²) in [6.45, 7) is 0. The molecule has 0 aliphatic heterocycles. The Balaban J connectivity index is 2.29. The molecule has 3 nitrogen and oxygen atoms in total. The summed E-state index contributed by atoms with van der Waals surface area (Å²) in [6.07, 6.45) is 1.65. The van der Waals surface area contributed by atoms with Crippen LogP contribution in [0.2, 0.25) is 5.02 Å². The van der Waals surface area contributed by atoms with Gasteiger partial charge >= 0.3 is 5.97 Å².